The molecule has 2 aliphatic carbocycles. The molecule has 1 N–H and O–H groups in total. The third kappa shape index (κ3) is 3.43. The number of thiazole rings is 1. The lowest BCUT2D eigenvalue weighted by atomic mass is 9.84. The molecule has 0 radical (unpaired) electrons. The Morgan fingerprint density at radius 3 is 2.78 bits per heavy atom. The quantitative estimate of drug-likeness (QED) is 0.800. The van der Waals surface area contributed by atoms with Gasteiger partial charge in [0.25, 0.3) is 5.91 Å². The molecule has 5 nitrogen and oxygen atoms in total. The van der Waals surface area contributed by atoms with Crippen molar-refractivity contribution >= 4 is 17.2 Å². The van der Waals surface area contributed by atoms with Gasteiger partial charge in [-0.1, -0.05) is 12.5 Å². The molecule has 6 heteroatoms. The molecule has 4 rings (SSSR count). The van der Waals surface area contributed by atoms with Crippen molar-refractivity contribution in [2.75, 3.05) is 14.2 Å². The molecular weight excluding hydrogens is 360 g/mol. The zero-order chi connectivity index (χ0) is 19.0. The normalized spacial score (nSPS) is 24.6. The van der Waals surface area contributed by atoms with Gasteiger partial charge in [0, 0.05) is 11.4 Å². The standard InChI is InChI=1S/C21H26N2O3S/c1-12(16-10-13-7-8-14(16)9-13)22-20(24)17-11-27-21(23-17)15-5-4-6-18(25-2)19(15)26-3/h4-6,11-14,16H,7-10H2,1-3H3,(H,22,24)/t12-,13-,14-,16+/m0/s1. The predicted molar refractivity (Wildman–Crippen MR) is 107 cm³/mol. The molecule has 2 aromatic rings. The molecule has 2 fully saturated rings. The van der Waals surface area contributed by atoms with E-state index in [4.69, 9.17) is 9.47 Å². The van der Waals surface area contributed by atoms with Crippen LogP contribution in [0.25, 0.3) is 10.6 Å². The minimum absolute atomic E-state index is 0.0883. The maximum Gasteiger partial charge on any atom is 0.270 e. The number of benzene rings is 1. The highest BCUT2D eigenvalue weighted by molar-refractivity contribution is 7.13. The summed E-state index contributed by atoms with van der Waals surface area (Å²) in [6.07, 6.45) is 5.31. The molecule has 4 atom stereocenters. The average molecular weight is 387 g/mol. The van der Waals surface area contributed by atoms with Crippen molar-refractivity contribution in [1.82, 2.24) is 10.3 Å². The second kappa shape index (κ2) is 7.50. The third-order valence-electron chi connectivity index (χ3n) is 6.16. The summed E-state index contributed by atoms with van der Waals surface area (Å²) in [7, 11) is 3.22. The lowest BCUT2D eigenvalue weighted by Gasteiger charge is -2.28. The molecule has 0 spiro atoms. The first-order chi connectivity index (χ1) is 13.1. The van der Waals surface area contributed by atoms with Gasteiger partial charge in [-0.2, -0.15) is 0 Å². The number of ether oxygens (including phenoxy) is 2. The van der Waals surface area contributed by atoms with Gasteiger partial charge in [-0.3, -0.25) is 4.79 Å². The van der Waals surface area contributed by atoms with Gasteiger partial charge in [0.05, 0.1) is 19.8 Å². The maximum absolute atomic E-state index is 12.7. The van der Waals surface area contributed by atoms with Gasteiger partial charge in [-0.05, 0) is 56.1 Å². The number of methoxy groups -OCH3 is 2. The number of hydrogen-bond donors (Lipinski definition) is 1. The van der Waals surface area contributed by atoms with Crippen LogP contribution in [-0.2, 0) is 0 Å². The predicted octanol–water partition coefficient (Wildman–Crippen LogP) is 4.38. The zero-order valence-corrected chi connectivity index (χ0v) is 16.8. The van der Waals surface area contributed by atoms with E-state index in [-0.39, 0.29) is 11.9 Å². The van der Waals surface area contributed by atoms with E-state index in [0.717, 1.165) is 22.4 Å². The lowest BCUT2D eigenvalue weighted by Crippen LogP contribution is -2.40. The van der Waals surface area contributed by atoms with Gasteiger partial charge < -0.3 is 14.8 Å². The Balaban J connectivity index is 1.48. The highest BCUT2D eigenvalue weighted by Crippen LogP contribution is 2.49. The summed E-state index contributed by atoms with van der Waals surface area (Å²) in [5, 5.41) is 5.76. The number of carbonyl (C=O) groups excluding carboxylic acids is 1. The molecule has 0 unspecified atom stereocenters. The van der Waals surface area contributed by atoms with Crippen LogP contribution in [0.5, 0.6) is 11.5 Å². The second-order valence-electron chi connectivity index (χ2n) is 7.68. The van der Waals surface area contributed by atoms with E-state index < -0.39 is 0 Å². The minimum Gasteiger partial charge on any atom is -0.493 e. The molecule has 144 valence electrons. The number of fused-ring (bicyclic) bond motifs is 2. The fraction of sp³-hybridized carbons (Fsp3) is 0.524. The molecule has 0 saturated heterocycles. The van der Waals surface area contributed by atoms with Gasteiger partial charge in [-0.25, -0.2) is 4.98 Å². The average Bonchev–Trinajstić information content (AvgIpc) is 3.43. The smallest absolute Gasteiger partial charge is 0.270 e. The van der Waals surface area contributed by atoms with Crippen molar-refractivity contribution in [3.8, 4) is 22.1 Å². The lowest BCUT2D eigenvalue weighted by molar-refractivity contribution is 0.0911. The molecule has 27 heavy (non-hydrogen) atoms. The molecule has 1 aromatic carbocycles. The molecule has 2 bridgehead atoms. The van der Waals surface area contributed by atoms with Crippen LogP contribution in [0.1, 0.15) is 43.1 Å². The number of carbonyl (C=O) groups is 1. The van der Waals surface area contributed by atoms with Crippen LogP contribution in [0.2, 0.25) is 0 Å². The summed E-state index contributed by atoms with van der Waals surface area (Å²) in [6, 6.07) is 5.87. The molecule has 1 amide bonds. The zero-order valence-electron chi connectivity index (χ0n) is 16.0. The maximum atomic E-state index is 12.7. The van der Waals surface area contributed by atoms with Crippen LogP contribution in [0, 0.1) is 17.8 Å². The number of aromatic nitrogens is 1. The molecule has 2 saturated carbocycles. The van der Waals surface area contributed by atoms with Crippen LogP contribution in [-0.4, -0.2) is 31.2 Å². The van der Waals surface area contributed by atoms with E-state index >= 15 is 0 Å². The number of rotatable bonds is 6. The van der Waals surface area contributed by atoms with Gasteiger partial charge in [-0.15, -0.1) is 11.3 Å². The first-order valence-electron chi connectivity index (χ1n) is 9.58. The molecular formula is C21H26N2O3S. The van der Waals surface area contributed by atoms with E-state index in [0.29, 0.717) is 23.1 Å². The monoisotopic (exact) mass is 386 g/mol. The van der Waals surface area contributed by atoms with E-state index in [2.05, 4.69) is 17.2 Å². The van der Waals surface area contributed by atoms with Gasteiger partial charge in [0.15, 0.2) is 11.5 Å². The van der Waals surface area contributed by atoms with Crippen molar-refractivity contribution in [1.29, 1.82) is 0 Å². The first kappa shape index (κ1) is 18.3. The first-order valence-corrected chi connectivity index (χ1v) is 10.5. The summed E-state index contributed by atoms with van der Waals surface area (Å²) in [5.74, 6) is 3.49. The number of nitrogens with zero attached hydrogens (tertiary/aromatic N) is 1. The Morgan fingerprint density at radius 1 is 1.26 bits per heavy atom. The van der Waals surface area contributed by atoms with Crippen molar-refractivity contribution in [3.05, 3.63) is 29.3 Å². The summed E-state index contributed by atoms with van der Waals surface area (Å²) in [6.45, 7) is 2.14. The fourth-order valence-corrected chi connectivity index (χ4v) is 5.67. The molecule has 2 aliphatic rings. The van der Waals surface area contributed by atoms with Crippen LogP contribution in [0.3, 0.4) is 0 Å². The summed E-state index contributed by atoms with van der Waals surface area (Å²) >= 11 is 1.44. The van der Waals surface area contributed by atoms with Crippen LogP contribution >= 0.6 is 11.3 Å². The summed E-state index contributed by atoms with van der Waals surface area (Å²) in [5.41, 5.74) is 1.30. The Bertz CT molecular complexity index is 835. The molecule has 1 heterocycles. The van der Waals surface area contributed by atoms with Crippen LogP contribution < -0.4 is 14.8 Å². The topological polar surface area (TPSA) is 60.5 Å². The number of amides is 1. The van der Waals surface area contributed by atoms with Gasteiger partial charge in [0.2, 0.25) is 0 Å². The summed E-state index contributed by atoms with van der Waals surface area (Å²) in [4.78, 5) is 17.3. The van der Waals surface area contributed by atoms with Crippen molar-refractivity contribution in [2.45, 2.75) is 38.6 Å². The van der Waals surface area contributed by atoms with Crippen LogP contribution in [0.4, 0.5) is 0 Å². The van der Waals surface area contributed by atoms with E-state index in [1.165, 1.54) is 37.0 Å². The highest BCUT2D eigenvalue weighted by Gasteiger charge is 2.42. The molecule has 0 aliphatic heterocycles. The Labute approximate surface area is 164 Å². The number of para-hydroxylation sites is 1. The van der Waals surface area contributed by atoms with Gasteiger partial charge >= 0.3 is 0 Å². The van der Waals surface area contributed by atoms with Crippen LogP contribution in [0.15, 0.2) is 23.6 Å². The Hall–Kier alpha value is -2.08. The van der Waals surface area contributed by atoms with Gasteiger partial charge in [0.1, 0.15) is 10.7 Å². The van der Waals surface area contributed by atoms with E-state index in [1.807, 2.05) is 23.6 Å². The van der Waals surface area contributed by atoms with E-state index in [9.17, 15) is 4.79 Å². The van der Waals surface area contributed by atoms with Crippen molar-refractivity contribution < 1.29 is 14.3 Å². The van der Waals surface area contributed by atoms with E-state index in [1.54, 1.807) is 14.2 Å². The largest absolute Gasteiger partial charge is 0.493 e. The minimum atomic E-state index is -0.0883. The fourth-order valence-electron chi connectivity index (χ4n) is 4.85. The van der Waals surface area contributed by atoms with Crippen molar-refractivity contribution in [3.63, 3.8) is 0 Å². The Kier molecular flexibility index (Phi) is 5.08. The summed E-state index contributed by atoms with van der Waals surface area (Å²) < 4.78 is 10.9. The molecule has 1 aromatic heterocycles. The SMILES string of the molecule is COc1cccc(-c2nc(C(=O)N[C@@H](C)[C@H]3C[C@H]4CC[C@H]3C4)cs2)c1OC. The second-order valence-corrected chi connectivity index (χ2v) is 8.54. The third-order valence-corrected chi connectivity index (χ3v) is 7.04. The number of nitrogens with one attached hydrogen (secondary N) is 1. The highest BCUT2D eigenvalue weighted by atomic mass is 32.1. The Morgan fingerprint density at radius 2 is 2.11 bits per heavy atom. The number of hydrogen-bond acceptors (Lipinski definition) is 5. The van der Waals surface area contributed by atoms with Crippen molar-refractivity contribution in [2.24, 2.45) is 17.8 Å².